The third-order valence-corrected chi connectivity index (χ3v) is 4.18. The van der Waals surface area contributed by atoms with Gasteiger partial charge in [-0.1, -0.05) is 44.2 Å². The lowest BCUT2D eigenvalue weighted by molar-refractivity contribution is -0.115. The van der Waals surface area contributed by atoms with E-state index in [0.29, 0.717) is 12.5 Å². The Morgan fingerprint density at radius 2 is 1.86 bits per heavy atom. The highest BCUT2D eigenvalue weighted by Gasteiger charge is 2.20. The average Bonchev–Trinajstić information content (AvgIpc) is 2.91. The standard InChI is InChI=1S/C19H22N2O/c1-14(2)15-7-9-17(10-8-15)20-19(22)13-21-12-11-16-5-3-4-6-18(16)21/h3-10,14H,11-13H2,1-2H3,(H,20,22). The number of anilines is 2. The molecule has 0 aromatic heterocycles. The Hall–Kier alpha value is -2.29. The van der Waals surface area contributed by atoms with Gasteiger partial charge >= 0.3 is 0 Å². The van der Waals surface area contributed by atoms with Crippen LogP contribution in [0.3, 0.4) is 0 Å². The number of carbonyl (C=O) groups is 1. The summed E-state index contributed by atoms with van der Waals surface area (Å²) in [6, 6.07) is 16.4. The molecule has 2 aromatic carbocycles. The third kappa shape index (κ3) is 3.14. The molecule has 3 nitrogen and oxygen atoms in total. The third-order valence-electron chi connectivity index (χ3n) is 4.18. The molecule has 1 N–H and O–H groups in total. The van der Waals surface area contributed by atoms with E-state index in [0.717, 1.165) is 18.7 Å². The molecule has 0 fully saturated rings. The second kappa shape index (κ2) is 6.22. The van der Waals surface area contributed by atoms with Crippen LogP contribution in [0.4, 0.5) is 11.4 Å². The predicted molar refractivity (Wildman–Crippen MR) is 91.5 cm³/mol. The number of hydrogen-bond acceptors (Lipinski definition) is 2. The fourth-order valence-corrected chi connectivity index (χ4v) is 2.90. The molecule has 114 valence electrons. The molecular weight excluding hydrogens is 272 g/mol. The summed E-state index contributed by atoms with van der Waals surface area (Å²) in [6.07, 6.45) is 1.02. The minimum atomic E-state index is 0.0361. The van der Waals surface area contributed by atoms with Gasteiger partial charge in [0, 0.05) is 17.9 Å². The maximum absolute atomic E-state index is 12.2. The first-order valence-electron chi connectivity index (χ1n) is 7.86. The van der Waals surface area contributed by atoms with Crippen molar-refractivity contribution in [3.05, 3.63) is 59.7 Å². The Bertz CT molecular complexity index is 661. The van der Waals surface area contributed by atoms with Crippen LogP contribution in [0.2, 0.25) is 0 Å². The van der Waals surface area contributed by atoms with E-state index in [1.165, 1.54) is 16.8 Å². The SMILES string of the molecule is CC(C)c1ccc(NC(=O)CN2CCc3ccccc32)cc1. The van der Waals surface area contributed by atoms with E-state index in [1.54, 1.807) is 0 Å². The monoisotopic (exact) mass is 294 g/mol. The van der Waals surface area contributed by atoms with Crippen molar-refractivity contribution in [2.75, 3.05) is 23.3 Å². The lowest BCUT2D eigenvalue weighted by Gasteiger charge is -2.18. The van der Waals surface area contributed by atoms with Crippen LogP contribution >= 0.6 is 0 Å². The van der Waals surface area contributed by atoms with Crippen LogP contribution in [0.25, 0.3) is 0 Å². The van der Waals surface area contributed by atoms with Crippen LogP contribution in [-0.4, -0.2) is 19.0 Å². The van der Waals surface area contributed by atoms with E-state index in [1.807, 2.05) is 18.2 Å². The summed E-state index contributed by atoms with van der Waals surface area (Å²) < 4.78 is 0. The smallest absolute Gasteiger partial charge is 0.243 e. The quantitative estimate of drug-likeness (QED) is 0.930. The maximum atomic E-state index is 12.2. The highest BCUT2D eigenvalue weighted by molar-refractivity contribution is 5.94. The van der Waals surface area contributed by atoms with Crippen LogP contribution in [0, 0.1) is 0 Å². The minimum Gasteiger partial charge on any atom is -0.362 e. The van der Waals surface area contributed by atoms with Gasteiger partial charge in [0.1, 0.15) is 0 Å². The molecule has 3 rings (SSSR count). The van der Waals surface area contributed by atoms with Crippen molar-refractivity contribution in [3.63, 3.8) is 0 Å². The van der Waals surface area contributed by atoms with Crippen molar-refractivity contribution >= 4 is 17.3 Å². The van der Waals surface area contributed by atoms with Gasteiger partial charge in [-0.15, -0.1) is 0 Å². The molecule has 0 spiro atoms. The zero-order valence-electron chi connectivity index (χ0n) is 13.2. The second-order valence-corrected chi connectivity index (χ2v) is 6.13. The van der Waals surface area contributed by atoms with E-state index in [4.69, 9.17) is 0 Å². The van der Waals surface area contributed by atoms with Crippen molar-refractivity contribution in [2.45, 2.75) is 26.2 Å². The first-order valence-corrected chi connectivity index (χ1v) is 7.86. The molecule has 0 saturated carbocycles. The molecule has 3 heteroatoms. The van der Waals surface area contributed by atoms with Gasteiger partial charge < -0.3 is 10.2 Å². The van der Waals surface area contributed by atoms with Gasteiger partial charge in [0.25, 0.3) is 0 Å². The summed E-state index contributed by atoms with van der Waals surface area (Å²) in [6.45, 7) is 5.65. The van der Waals surface area contributed by atoms with Gasteiger partial charge in [-0.3, -0.25) is 4.79 Å². The molecule has 1 aliphatic heterocycles. The van der Waals surface area contributed by atoms with Crippen molar-refractivity contribution < 1.29 is 4.79 Å². The summed E-state index contributed by atoms with van der Waals surface area (Å²) in [5.74, 6) is 0.542. The zero-order valence-corrected chi connectivity index (χ0v) is 13.2. The number of benzene rings is 2. The van der Waals surface area contributed by atoms with E-state index >= 15 is 0 Å². The first-order chi connectivity index (χ1) is 10.6. The molecule has 0 saturated heterocycles. The molecule has 1 amide bonds. The van der Waals surface area contributed by atoms with Crippen molar-refractivity contribution in [1.82, 2.24) is 0 Å². The van der Waals surface area contributed by atoms with Crippen LogP contribution in [0.5, 0.6) is 0 Å². The molecule has 0 atom stereocenters. The predicted octanol–water partition coefficient (Wildman–Crippen LogP) is 3.81. The zero-order chi connectivity index (χ0) is 15.5. The van der Waals surface area contributed by atoms with Crippen LogP contribution in [-0.2, 0) is 11.2 Å². The fraction of sp³-hybridized carbons (Fsp3) is 0.316. The average molecular weight is 294 g/mol. The number of hydrogen-bond donors (Lipinski definition) is 1. The highest BCUT2D eigenvalue weighted by atomic mass is 16.2. The molecule has 2 aromatic rings. The van der Waals surface area contributed by atoms with Gasteiger partial charge in [-0.05, 0) is 41.7 Å². The number of para-hydroxylation sites is 1. The van der Waals surface area contributed by atoms with Gasteiger partial charge in [0.2, 0.25) is 5.91 Å². The largest absolute Gasteiger partial charge is 0.362 e. The van der Waals surface area contributed by atoms with Crippen LogP contribution in [0.1, 0.15) is 30.9 Å². The topological polar surface area (TPSA) is 32.3 Å². The summed E-state index contributed by atoms with van der Waals surface area (Å²) >= 11 is 0. The van der Waals surface area contributed by atoms with Crippen LogP contribution < -0.4 is 10.2 Å². The summed E-state index contributed by atoms with van der Waals surface area (Å²) in [5.41, 5.74) is 4.66. The Labute approximate surface area is 132 Å². The van der Waals surface area contributed by atoms with Gasteiger partial charge in [0.15, 0.2) is 0 Å². The van der Waals surface area contributed by atoms with E-state index in [-0.39, 0.29) is 5.91 Å². The number of carbonyl (C=O) groups excluding carboxylic acids is 1. The number of amides is 1. The van der Waals surface area contributed by atoms with E-state index < -0.39 is 0 Å². The first kappa shape index (κ1) is 14.6. The Morgan fingerprint density at radius 3 is 2.59 bits per heavy atom. The molecule has 0 unspecified atom stereocenters. The Balaban J connectivity index is 1.61. The fourth-order valence-electron chi connectivity index (χ4n) is 2.90. The molecule has 0 radical (unpaired) electrons. The van der Waals surface area contributed by atoms with Crippen molar-refractivity contribution in [3.8, 4) is 0 Å². The highest BCUT2D eigenvalue weighted by Crippen LogP contribution is 2.27. The number of rotatable bonds is 4. The van der Waals surface area contributed by atoms with Gasteiger partial charge in [-0.2, -0.15) is 0 Å². The number of nitrogens with one attached hydrogen (secondary N) is 1. The molecule has 1 aliphatic rings. The maximum Gasteiger partial charge on any atom is 0.243 e. The van der Waals surface area contributed by atoms with Gasteiger partial charge in [-0.25, -0.2) is 0 Å². The Kier molecular flexibility index (Phi) is 4.14. The minimum absolute atomic E-state index is 0.0361. The molecule has 22 heavy (non-hydrogen) atoms. The summed E-state index contributed by atoms with van der Waals surface area (Å²) in [5, 5.41) is 2.99. The summed E-state index contributed by atoms with van der Waals surface area (Å²) in [4.78, 5) is 14.4. The molecule has 1 heterocycles. The van der Waals surface area contributed by atoms with Crippen LogP contribution in [0.15, 0.2) is 48.5 Å². The van der Waals surface area contributed by atoms with E-state index in [9.17, 15) is 4.79 Å². The normalized spacial score (nSPS) is 13.3. The molecular formula is C19H22N2O. The van der Waals surface area contributed by atoms with Crippen molar-refractivity contribution in [1.29, 1.82) is 0 Å². The Morgan fingerprint density at radius 1 is 1.14 bits per heavy atom. The lowest BCUT2D eigenvalue weighted by atomic mass is 10.0. The molecule has 0 bridgehead atoms. The van der Waals surface area contributed by atoms with E-state index in [2.05, 4.69) is 54.4 Å². The summed E-state index contributed by atoms with van der Waals surface area (Å²) in [7, 11) is 0. The number of nitrogens with zero attached hydrogens (tertiary/aromatic N) is 1. The lowest BCUT2D eigenvalue weighted by Crippen LogP contribution is -2.31. The number of fused-ring (bicyclic) bond motifs is 1. The molecule has 0 aliphatic carbocycles. The van der Waals surface area contributed by atoms with Crippen molar-refractivity contribution in [2.24, 2.45) is 0 Å². The van der Waals surface area contributed by atoms with Gasteiger partial charge in [0.05, 0.1) is 6.54 Å². The second-order valence-electron chi connectivity index (χ2n) is 6.13.